The van der Waals surface area contributed by atoms with Gasteiger partial charge in [-0.2, -0.15) is 0 Å². The van der Waals surface area contributed by atoms with Crippen LogP contribution in [0.4, 0.5) is 0 Å². The Morgan fingerprint density at radius 2 is 1.91 bits per heavy atom. The SMILES string of the molecule is CCCNCc1ncc(-c2ccc(C3=CC=C(Br)CC3)cc2)[nH]1. The van der Waals surface area contributed by atoms with E-state index < -0.39 is 0 Å². The summed E-state index contributed by atoms with van der Waals surface area (Å²) in [6, 6.07) is 8.73. The van der Waals surface area contributed by atoms with E-state index in [1.54, 1.807) is 0 Å². The number of imidazole rings is 1. The van der Waals surface area contributed by atoms with Crippen molar-refractivity contribution in [2.24, 2.45) is 0 Å². The number of nitrogens with one attached hydrogen (secondary N) is 2. The number of halogens is 1. The lowest BCUT2D eigenvalue weighted by molar-refractivity contribution is 0.655. The number of rotatable bonds is 6. The zero-order valence-electron chi connectivity index (χ0n) is 13.4. The third kappa shape index (κ3) is 4.21. The van der Waals surface area contributed by atoms with E-state index in [2.05, 4.69) is 74.6 Å². The molecule has 1 aromatic heterocycles. The van der Waals surface area contributed by atoms with Crippen LogP contribution in [0.3, 0.4) is 0 Å². The Labute approximate surface area is 146 Å². The maximum Gasteiger partial charge on any atom is 0.120 e. The summed E-state index contributed by atoms with van der Waals surface area (Å²) in [7, 11) is 0. The van der Waals surface area contributed by atoms with E-state index in [4.69, 9.17) is 0 Å². The van der Waals surface area contributed by atoms with Crippen molar-refractivity contribution < 1.29 is 0 Å². The van der Waals surface area contributed by atoms with Gasteiger partial charge in [-0.15, -0.1) is 0 Å². The molecule has 0 saturated carbocycles. The van der Waals surface area contributed by atoms with Crippen molar-refractivity contribution in [3.05, 3.63) is 58.5 Å². The van der Waals surface area contributed by atoms with Gasteiger partial charge in [-0.3, -0.25) is 0 Å². The van der Waals surface area contributed by atoms with Gasteiger partial charge in [-0.25, -0.2) is 4.98 Å². The standard InChI is InChI=1S/C19H22BrN3/c1-2-11-21-13-19-22-12-18(23-19)16-5-3-14(4-6-16)15-7-9-17(20)10-8-15/h3-7,9,12,21H,2,8,10-11,13H2,1H3,(H,22,23). The minimum Gasteiger partial charge on any atom is -0.341 e. The zero-order valence-corrected chi connectivity index (χ0v) is 15.0. The monoisotopic (exact) mass is 371 g/mol. The Balaban J connectivity index is 1.70. The fraction of sp³-hybridized carbons (Fsp3) is 0.316. The molecule has 0 spiro atoms. The molecule has 2 N–H and O–H groups in total. The predicted octanol–water partition coefficient (Wildman–Crippen LogP) is 5.03. The van der Waals surface area contributed by atoms with Crippen LogP contribution in [0.5, 0.6) is 0 Å². The third-order valence-electron chi connectivity index (χ3n) is 4.01. The molecule has 0 atom stereocenters. The predicted molar refractivity (Wildman–Crippen MR) is 100 cm³/mol. The number of nitrogens with zero attached hydrogens (tertiary/aromatic N) is 1. The molecule has 0 aliphatic heterocycles. The number of benzene rings is 1. The summed E-state index contributed by atoms with van der Waals surface area (Å²) < 4.78 is 1.28. The Bertz CT molecular complexity index is 710. The Kier molecular flexibility index (Phi) is 5.47. The highest BCUT2D eigenvalue weighted by molar-refractivity contribution is 9.11. The number of aromatic nitrogens is 2. The first-order valence-electron chi connectivity index (χ1n) is 8.17. The molecule has 0 fully saturated rings. The van der Waals surface area contributed by atoms with E-state index in [1.165, 1.54) is 21.2 Å². The van der Waals surface area contributed by atoms with Crippen molar-refractivity contribution in [3.8, 4) is 11.3 Å². The van der Waals surface area contributed by atoms with Crippen LogP contribution in [0.15, 0.2) is 47.1 Å². The molecule has 0 unspecified atom stereocenters. The highest BCUT2D eigenvalue weighted by atomic mass is 79.9. The second-order valence-corrected chi connectivity index (χ2v) is 6.82. The Morgan fingerprint density at radius 1 is 1.13 bits per heavy atom. The number of allylic oxidation sites excluding steroid dienone is 4. The van der Waals surface area contributed by atoms with Crippen molar-refractivity contribution in [2.45, 2.75) is 32.7 Å². The minimum atomic E-state index is 0.792. The van der Waals surface area contributed by atoms with Crippen LogP contribution < -0.4 is 5.32 Å². The van der Waals surface area contributed by atoms with Gasteiger partial charge in [0, 0.05) is 0 Å². The summed E-state index contributed by atoms with van der Waals surface area (Å²) in [4.78, 5) is 7.83. The minimum absolute atomic E-state index is 0.792. The van der Waals surface area contributed by atoms with Crippen LogP contribution in [-0.4, -0.2) is 16.5 Å². The summed E-state index contributed by atoms with van der Waals surface area (Å²) in [5.41, 5.74) is 4.95. The van der Waals surface area contributed by atoms with Gasteiger partial charge in [0.05, 0.1) is 18.4 Å². The molecule has 1 aliphatic rings. The molecule has 0 radical (unpaired) electrons. The Morgan fingerprint density at radius 3 is 2.61 bits per heavy atom. The fourth-order valence-corrected chi connectivity index (χ4v) is 3.03. The van der Waals surface area contributed by atoms with Crippen molar-refractivity contribution in [1.29, 1.82) is 0 Å². The third-order valence-corrected chi connectivity index (χ3v) is 4.67. The molecule has 3 rings (SSSR count). The maximum atomic E-state index is 4.44. The van der Waals surface area contributed by atoms with Crippen molar-refractivity contribution in [3.63, 3.8) is 0 Å². The van der Waals surface area contributed by atoms with E-state index in [9.17, 15) is 0 Å². The lowest BCUT2D eigenvalue weighted by atomic mass is 9.96. The molecule has 0 amide bonds. The van der Waals surface area contributed by atoms with Gasteiger partial charge in [0.15, 0.2) is 0 Å². The zero-order chi connectivity index (χ0) is 16.1. The molecule has 3 nitrogen and oxygen atoms in total. The highest BCUT2D eigenvalue weighted by Crippen LogP contribution is 2.30. The molecule has 1 aliphatic carbocycles. The first kappa shape index (κ1) is 16.2. The number of hydrogen-bond donors (Lipinski definition) is 2. The average molecular weight is 372 g/mol. The van der Waals surface area contributed by atoms with E-state index in [1.807, 2.05) is 6.20 Å². The molecule has 4 heteroatoms. The molecule has 120 valence electrons. The van der Waals surface area contributed by atoms with Gasteiger partial charge in [0.1, 0.15) is 5.82 Å². The number of hydrogen-bond acceptors (Lipinski definition) is 2. The van der Waals surface area contributed by atoms with Crippen LogP contribution in [0, 0.1) is 0 Å². The van der Waals surface area contributed by atoms with Crippen molar-refractivity contribution in [1.82, 2.24) is 15.3 Å². The van der Waals surface area contributed by atoms with Crippen LogP contribution in [0.1, 0.15) is 37.6 Å². The number of aromatic amines is 1. The van der Waals surface area contributed by atoms with E-state index in [-0.39, 0.29) is 0 Å². The summed E-state index contributed by atoms with van der Waals surface area (Å²) in [5.74, 6) is 0.988. The van der Waals surface area contributed by atoms with E-state index in [0.717, 1.165) is 43.9 Å². The van der Waals surface area contributed by atoms with Gasteiger partial charge in [-0.05, 0) is 47.0 Å². The average Bonchev–Trinajstić information content (AvgIpc) is 3.05. The molecule has 0 saturated heterocycles. The van der Waals surface area contributed by atoms with Crippen LogP contribution in [0.2, 0.25) is 0 Å². The molecular weight excluding hydrogens is 350 g/mol. The molecule has 1 heterocycles. The van der Waals surface area contributed by atoms with Gasteiger partial charge in [0.2, 0.25) is 0 Å². The smallest absolute Gasteiger partial charge is 0.120 e. The van der Waals surface area contributed by atoms with Gasteiger partial charge in [-0.1, -0.05) is 59.3 Å². The van der Waals surface area contributed by atoms with Crippen LogP contribution >= 0.6 is 15.9 Å². The lowest BCUT2D eigenvalue weighted by Gasteiger charge is -2.11. The summed E-state index contributed by atoms with van der Waals surface area (Å²) in [6.07, 6.45) is 9.58. The van der Waals surface area contributed by atoms with E-state index in [0.29, 0.717) is 0 Å². The second-order valence-electron chi connectivity index (χ2n) is 5.80. The van der Waals surface area contributed by atoms with Gasteiger partial charge < -0.3 is 10.3 Å². The topological polar surface area (TPSA) is 40.7 Å². The first-order chi connectivity index (χ1) is 11.3. The quantitative estimate of drug-likeness (QED) is 0.698. The summed E-state index contributed by atoms with van der Waals surface area (Å²) in [6.45, 7) is 3.97. The first-order valence-corrected chi connectivity index (χ1v) is 8.96. The van der Waals surface area contributed by atoms with Crippen LogP contribution in [-0.2, 0) is 6.54 Å². The molecule has 0 bridgehead atoms. The maximum absolute atomic E-state index is 4.44. The van der Waals surface area contributed by atoms with E-state index >= 15 is 0 Å². The van der Waals surface area contributed by atoms with Gasteiger partial charge in [0.25, 0.3) is 0 Å². The van der Waals surface area contributed by atoms with Crippen molar-refractivity contribution in [2.75, 3.05) is 6.54 Å². The van der Waals surface area contributed by atoms with Gasteiger partial charge >= 0.3 is 0 Å². The summed E-state index contributed by atoms with van der Waals surface area (Å²) in [5, 5.41) is 3.36. The number of H-pyrrole nitrogens is 1. The Hall–Kier alpha value is -1.65. The fourth-order valence-electron chi connectivity index (χ4n) is 2.70. The van der Waals surface area contributed by atoms with Crippen molar-refractivity contribution >= 4 is 21.5 Å². The normalized spacial score (nSPS) is 14.5. The molecule has 1 aromatic carbocycles. The lowest BCUT2D eigenvalue weighted by Crippen LogP contribution is -2.14. The molecule has 2 aromatic rings. The largest absolute Gasteiger partial charge is 0.341 e. The second kappa shape index (κ2) is 7.75. The van der Waals surface area contributed by atoms with Crippen LogP contribution in [0.25, 0.3) is 16.8 Å². The molecular formula is C19H22BrN3. The highest BCUT2D eigenvalue weighted by Gasteiger charge is 2.08. The molecule has 23 heavy (non-hydrogen) atoms. The summed E-state index contributed by atoms with van der Waals surface area (Å²) >= 11 is 3.56.